The molecular weight excluding hydrogens is 374 g/mol. The Morgan fingerprint density at radius 2 is 1.69 bits per heavy atom. The van der Waals surface area contributed by atoms with Gasteiger partial charge < -0.3 is 10.3 Å². The van der Waals surface area contributed by atoms with E-state index in [1.54, 1.807) is 38.1 Å². The van der Waals surface area contributed by atoms with E-state index in [4.69, 9.17) is 0 Å². The number of aromatic nitrogens is 1. The predicted molar refractivity (Wildman–Crippen MR) is 107 cm³/mol. The number of hydrogen-bond donors (Lipinski definition) is 2. The van der Waals surface area contributed by atoms with E-state index in [0.717, 1.165) is 0 Å². The van der Waals surface area contributed by atoms with Crippen LogP contribution in [-0.2, 0) is 6.42 Å². The van der Waals surface area contributed by atoms with Crippen LogP contribution in [-0.4, -0.2) is 16.7 Å². The van der Waals surface area contributed by atoms with E-state index >= 15 is 0 Å². The zero-order chi connectivity index (χ0) is 21.1. The largest absolute Gasteiger partial charge is 0.354 e. The first kappa shape index (κ1) is 20.5. The first-order valence-corrected chi connectivity index (χ1v) is 9.27. The lowest BCUT2D eigenvalue weighted by atomic mass is 9.98. The molecule has 29 heavy (non-hydrogen) atoms. The Bertz CT molecular complexity index is 1070. The molecule has 0 saturated heterocycles. The molecule has 4 nitrogen and oxygen atoms in total. The highest BCUT2D eigenvalue weighted by Gasteiger charge is 2.23. The third kappa shape index (κ3) is 4.59. The van der Waals surface area contributed by atoms with Gasteiger partial charge in [0.2, 0.25) is 0 Å². The van der Waals surface area contributed by atoms with Gasteiger partial charge in [-0.15, -0.1) is 0 Å². The van der Waals surface area contributed by atoms with Crippen molar-refractivity contribution in [3.63, 3.8) is 0 Å². The molecule has 0 aliphatic carbocycles. The highest BCUT2D eigenvalue weighted by Crippen LogP contribution is 2.23. The molecule has 1 amide bonds. The van der Waals surface area contributed by atoms with Crippen molar-refractivity contribution in [1.82, 2.24) is 10.3 Å². The number of nitrogens with one attached hydrogen (secondary N) is 2. The minimum absolute atomic E-state index is 0.128. The minimum atomic E-state index is -0.580. The van der Waals surface area contributed by atoms with Crippen LogP contribution in [0, 0.1) is 25.5 Å². The Hall–Kier alpha value is -3.28. The number of aryl methyl sites for hydroxylation is 1. The molecule has 0 spiro atoms. The number of amides is 1. The molecular formula is C23H22F2N2O2. The van der Waals surface area contributed by atoms with Crippen molar-refractivity contribution >= 4 is 11.7 Å². The number of carbonyl (C=O) groups excluding carboxylic acids is 2. The lowest BCUT2D eigenvalue weighted by Gasteiger charge is -2.20. The van der Waals surface area contributed by atoms with E-state index < -0.39 is 17.8 Å². The molecule has 1 heterocycles. The molecule has 3 rings (SSSR count). The third-order valence-corrected chi connectivity index (χ3v) is 4.90. The lowest BCUT2D eigenvalue weighted by molar-refractivity contribution is 0.0931. The topological polar surface area (TPSA) is 62.0 Å². The van der Waals surface area contributed by atoms with Crippen molar-refractivity contribution in [3.05, 3.63) is 93.8 Å². The van der Waals surface area contributed by atoms with Crippen LogP contribution in [0.15, 0.2) is 48.5 Å². The van der Waals surface area contributed by atoms with Crippen LogP contribution in [0.4, 0.5) is 8.78 Å². The third-order valence-electron chi connectivity index (χ3n) is 4.90. The Morgan fingerprint density at radius 1 is 1.03 bits per heavy atom. The Labute approximate surface area is 168 Å². The van der Waals surface area contributed by atoms with Crippen LogP contribution in [0.3, 0.4) is 0 Å². The zero-order valence-electron chi connectivity index (χ0n) is 16.5. The summed E-state index contributed by atoms with van der Waals surface area (Å²) in [6.07, 6.45) is 0.283. The van der Waals surface area contributed by atoms with Gasteiger partial charge in [-0.1, -0.05) is 24.3 Å². The van der Waals surface area contributed by atoms with Gasteiger partial charge in [0.15, 0.2) is 5.78 Å². The Morgan fingerprint density at radius 3 is 2.28 bits per heavy atom. The van der Waals surface area contributed by atoms with E-state index in [1.165, 1.54) is 31.2 Å². The van der Waals surface area contributed by atoms with Gasteiger partial charge in [0.05, 0.1) is 6.04 Å². The van der Waals surface area contributed by atoms with Gasteiger partial charge in [0.25, 0.3) is 5.91 Å². The summed E-state index contributed by atoms with van der Waals surface area (Å²) in [5.41, 5.74) is 3.19. The number of benzene rings is 2. The highest BCUT2D eigenvalue weighted by molar-refractivity contribution is 6.02. The van der Waals surface area contributed by atoms with E-state index in [9.17, 15) is 18.4 Å². The zero-order valence-corrected chi connectivity index (χ0v) is 16.5. The summed E-state index contributed by atoms with van der Waals surface area (Å²) < 4.78 is 27.4. The van der Waals surface area contributed by atoms with Crippen LogP contribution in [0.2, 0.25) is 0 Å². The average Bonchev–Trinajstić information content (AvgIpc) is 2.95. The van der Waals surface area contributed by atoms with E-state index in [2.05, 4.69) is 10.3 Å². The maximum atomic E-state index is 13.8. The molecule has 2 N–H and O–H groups in total. The van der Waals surface area contributed by atoms with Crippen molar-refractivity contribution in [2.75, 3.05) is 0 Å². The van der Waals surface area contributed by atoms with Crippen LogP contribution in [0.1, 0.15) is 56.2 Å². The maximum absolute atomic E-state index is 13.8. The van der Waals surface area contributed by atoms with Crippen molar-refractivity contribution in [2.24, 2.45) is 0 Å². The second-order valence-corrected chi connectivity index (χ2v) is 7.10. The average molecular weight is 396 g/mol. The summed E-state index contributed by atoms with van der Waals surface area (Å²) in [4.78, 5) is 27.8. The molecule has 1 atom stereocenters. The van der Waals surface area contributed by atoms with Gasteiger partial charge in [-0.05, 0) is 68.1 Å². The molecule has 0 aliphatic heterocycles. The summed E-state index contributed by atoms with van der Waals surface area (Å²) >= 11 is 0. The molecule has 0 bridgehead atoms. The van der Waals surface area contributed by atoms with Gasteiger partial charge in [-0.25, -0.2) is 8.78 Å². The summed E-state index contributed by atoms with van der Waals surface area (Å²) in [5.74, 6) is -1.35. The molecule has 0 radical (unpaired) electrons. The first-order chi connectivity index (χ1) is 13.8. The summed E-state index contributed by atoms with van der Waals surface area (Å²) in [7, 11) is 0. The molecule has 3 aromatic rings. The molecule has 6 heteroatoms. The highest BCUT2D eigenvalue weighted by atomic mass is 19.1. The molecule has 0 fully saturated rings. The van der Waals surface area contributed by atoms with Gasteiger partial charge in [0, 0.05) is 11.3 Å². The standard InChI is InChI=1S/C23H22F2N2O2/c1-13-21(15(3)28)14(2)26-22(13)23(29)27-20(17-7-5-9-19(25)12-17)11-16-6-4-8-18(24)10-16/h4-10,12,20,26H,11H2,1-3H3,(H,27,29). The van der Waals surface area contributed by atoms with E-state index in [1.807, 2.05) is 0 Å². The number of aromatic amines is 1. The van der Waals surface area contributed by atoms with Gasteiger partial charge in [-0.3, -0.25) is 9.59 Å². The molecule has 150 valence electrons. The first-order valence-electron chi connectivity index (χ1n) is 9.27. The lowest BCUT2D eigenvalue weighted by Crippen LogP contribution is -2.31. The number of hydrogen-bond acceptors (Lipinski definition) is 2. The van der Waals surface area contributed by atoms with Crippen molar-refractivity contribution < 1.29 is 18.4 Å². The van der Waals surface area contributed by atoms with Crippen LogP contribution in [0.25, 0.3) is 0 Å². The smallest absolute Gasteiger partial charge is 0.268 e. The number of ketones is 1. The summed E-state index contributed by atoms with van der Waals surface area (Å²) in [6.45, 7) is 4.89. The van der Waals surface area contributed by atoms with Crippen LogP contribution in [0.5, 0.6) is 0 Å². The van der Waals surface area contributed by atoms with Crippen LogP contribution >= 0.6 is 0 Å². The maximum Gasteiger partial charge on any atom is 0.268 e. The Kier molecular flexibility index (Phi) is 5.92. The van der Waals surface area contributed by atoms with Gasteiger partial charge in [-0.2, -0.15) is 0 Å². The number of Topliss-reactive ketones (excluding diaryl/α,β-unsaturated/α-hetero) is 1. The van der Waals surface area contributed by atoms with E-state index in [-0.39, 0.29) is 23.7 Å². The predicted octanol–water partition coefficient (Wildman–Crippen LogP) is 4.83. The van der Waals surface area contributed by atoms with Crippen molar-refractivity contribution in [2.45, 2.75) is 33.2 Å². The quantitative estimate of drug-likeness (QED) is 0.587. The van der Waals surface area contributed by atoms with Gasteiger partial charge in [0.1, 0.15) is 17.3 Å². The molecule has 1 unspecified atom stereocenters. The number of halogens is 2. The fourth-order valence-corrected chi connectivity index (χ4v) is 3.61. The molecule has 2 aromatic carbocycles. The number of rotatable bonds is 6. The number of carbonyl (C=O) groups is 2. The summed E-state index contributed by atoms with van der Waals surface area (Å²) in [5, 5.41) is 2.89. The normalized spacial score (nSPS) is 11.9. The Balaban J connectivity index is 1.93. The monoisotopic (exact) mass is 396 g/mol. The van der Waals surface area contributed by atoms with E-state index in [0.29, 0.717) is 27.9 Å². The minimum Gasteiger partial charge on any atom is -0.354 e. The van der Waals surface area contributed by atoms with Crippen LogP contribution < -0.4 is 5.32 Å². The summed E-state index contributed by atoms with van der Waals surface area (Å²) in [6, 6.07) is 11.4. The van der Waals surface area contributed by atoms with Gasteiger partial charge >= 0.3 is 0 Å². The fraction of sp³-hybridized carbons (Fsp3) is 0.217. The second-order valence-electron chi connectivity index (χ2n) is 7.10. The molecule has 0 aliphatic rings. The van der Waals surface area contributed by atoms with Crippen molar-refractivity contribution in [3.8, 4) is 0 Å². The SMILES string of the molecule is CC(=O)c1c(C)[nH]c(C(=O)NC(Cc2cccc(F)c2)c2cccc(F)c2)c1C. The fourth-order valence-electron chi connectivity index (χ4n) is 3.61. The van der Waals surface area contributed by atoms with Crippen molar-refractivity contribution in [1.29, 1.82) is 0 Å². The number of H-pyrrole nitrogens is 1. The molecule has 0 saturated carbocycles. The second kappa shape index (κ2) is 8.39. The molecule has 1 aromatic heterocycles.